The Bertz CT molecular complexity index is 655. The summed E-state index contributed by atoms with van der Waals surface area (Å²) in [6, 6.07) is 15.2. The first kappa shape index (κ1) is 13.8. The largest absolute Gasteiger partial charge is 0.392 e. The average Bonchev–Trinajstić information content (AvgIpc) is 2.54. The number of anilines is 1. The molecule has 0 aliphatic carbocycles. The number of hydrogen-bond acceptors (Lipinski definition) is 3. The third-order valence-corrected chi connectivity index (χ3v) is 3.77. The van der Waals surface area contributed by atoms with Crippen molar-refractivity contribution in [3.8, 4) is 0 Å². The smallest absolute Gasteiger partial charge is 0.241 e. The van der Waals surface area contributed by atoms with Crippen LogP contribution in [-0.4, -0.2) is 17.1 Å². The summed E-state index contributed by atoms with van der Waals surface area (Å²) in [7, 11) is 0. The Morgan fingerprint density at radius 1 is 1.19 bits per heavy atom. The second-order valence-electron chi connectivity index (χ2n) is 5.25. The van der Waals surface area contributed by atoms with E-state index < -0.39 is 0 Å². The van der Waals surface area contributed by atoms with Gasteiger partial charge in [-0.05, 0) is 35.2 Å². The molecule has 1 heterocycles. The molecule has 4 nitrogen and oxygen atoms in total. The molecule has 0 saturated heterocycles. The fraction of sp³-hybridized carbons (Fsp3) is 0.235. The predicted octanol–water partition coefficient (Wildman–Crippen LogP) is 1.83. The summed E-state index contributed by atoms with van der Waals surface area (Å²) in [4.78, 5) is 12.3. The molecule has 1 aliphatic heterocycles. The van der Waals surface area contributed by atoms with E-state index in [1.54, 1.807) is 6.07 Å². The molecule has 0 unspecified atom stereocenters. The van der Waals surface area contributed by atoms with Gasteiger partial charge < -0.3 is 15.7 Å². The van der Waals surface area contributed by atoms with Gasteiger partial charge >= 0.3 is 0 Å². The normalized spacial score (nSPS) is 17.1. The summed E-state index contributed by atoms with van der Waals surface area (Å²) in [6.07, 6.45) is 0.696. The number of fused-ring (bicyclic) bond motifs is 1. The minimum absolute atomic E-state index is 0.0290. The molecule has 21 heavy (non-hydrogen) atoms. The summed E-state index contributed by atoms with van der Waals surface area (Å²) >= 11 is 0. The third-order valence-electron chi connectivity index (χ3n) is 3.77. The maximum Gasteiger partial charge on any atom is 0.241 e. The van der Waals surface area contributed by atoms with Gasteiger partial charge in [-0.1, -0.05) is 36.4 Å². The van der Waals surface area contributed by atoms with Crippen LogP contribution in [0.1, 0.15) is 16.7 Å². The lowest BCUT2D eigenvalue weighted by Crippen LogP contribution is -2.44. The number of rotatable bonds is 3. The summed E-state index contributed by atoms with van der Waals surface area (Å²) in [5.74, 6) is -0.0420. The molecule has 4 heteroatoms. The number of aliphatic hydroxyl groups is 1. The third kappa shape index (κ3) is 3.12. The molecule has 108 valence electrons. The molecule has 1 aliphatic rings. The molecule has 0 spiro atoms. The van der Waals surface area contributed by atoms with Gasteiger partial charge in [-0.15, -0.1) is 0 Å². The average molecular weight is 282 g/mol. The van der Waals surface area contributed by atoms with Crippen molar-refractivity contribution < 1.29 is 9.90 Å². The van der Waals surface area contributed by atoms with E-state index in [1.807, 2.05) is 30.3 Å². The first-order chi connectivity index (χ1) is 10.3. The van der Waals surface area contributed by atoms with Crippen molar-refractivity contribution in [2.45, 2.75) is 25.6 Å². The molecule has 0 fully saturated rings. The first-order valence-electron chi connectivity index (χ1n) is 7.07. The van der Waals surface area contributed by atoms with Crippen LogP contribution in [-0.2, 0) is 24.4 Å². The molecular formula is C17H18N2O2. The number of amides is 1. The van der Waals surface area contributed by atoms with E-state index in [1.165, 1.54) is 11.1 Å². The molecule has 3 rings (SSSR count). The van der Waals surface area contributed by atoms with E-state index >= 15 is 0 Å². The van der Waals surface area contributed by atoms with Gasteiger partial charge in [-0.25, -0.2) is 0 Å². The highest BCUT2D eigenvalue weighted by Gasteiger charge is 2.23. The topological polar surface area (TPSA) is 61.4 Å². The number of nitrogens with one attached hydrogen (secondary N) is 2. The number of carbonyl (C=O) groups is 1. The highest BCUT2D eigenvalue weighted by molar-refractivity contribution is 5.95. The van der Waals surface area contributed by atoms with Crippen molar-refractivity contribution in [2.75, 3.05) is 5.32 Å². The Kier molecular flexibility index (Phi) is 3.99. The number of hydrogen-bond donors (Lipinski definition) is 3. The predicted molar refractivity (Wildman–Crippen MR) is 81.8 cm³/mol. The van der Waals surface area contributed by atoms with Crippen LogP contribution in [0.4, 0.5) is 5.69 Å². The standard InChI is InChI=1S/C17H18N2O2/c20-11-12-4-3-7-15(8-12)19-17(21)16-9-13-5-1-2-6-14(13)10-18-16/h1-8,16,18,20H,9-11H2,(H,19,21)/t16-/m1/s1. The number of carbonyl (C=O) groups excluding carboxylic acids is 1. The van der Waals surface area contributed by atoms with E-state index in [9.17, 15) is 4.79 Å². The van der Waals surface area contributed by atoms with Gasteiger partial charge in [0, 0.05) is 12.2 Å². The second kappa shape index (κ2) is 6.08. The van der Waals surface area contributed by atoms with Gasteiger partial charge in [0.25, 0.3) is 0 Å². The summed E-state index contributed by atoms with van der Waals surface area (Å²) in [5, 5.41) is 15.3. The maximum atomic E-state index is 12.3. The Morgan fingerprint density at radius 2 is 2.00 bits per heavy atom. The first-order valence-corrected chi connectivity index (χ1v) is 7.07. The van der Waals surface area contributed by atoms with Crippen LogP contribution in [0.15, 0.2) is 48.5 Å². The van der Waals surface area contributed by atoms with Crippen molar-refractivity contribution in [2.24, 2.45) is 0 Å². The van der Waals surface area contributed by atoms with Crippen LogP contribution >= 0.6 is 0 Å². The monoisotopic (exact) mass is 282 g/mol. The van der Waals surface area contributed by atoms with E-state index in [0.717, 1.165) is 5.56 Å². The Hall–Kier alpha value is -2.17. The van der Waals surface area contributed by atoms with Gasteiger partial charge in [0.05, 0.1) is 12.6 Å². The molecule has 2 aromatic rings. The molecule has 1 atom stereocenters. The fourth-order valence-corrected chi connectivity index (χ4v) is 2.62. The van der Waals surface area contributed by atoms with Crippen LogP contribution < -0.4 is 10.6 Å². The van der Waals surface area contributed by atoms with Crippen LogP contribution in [0.2, 0.25) is 0 Å². The van der Waals surface area contributed by atoms with Crippen molar-refractivity contribution in [3.63, 3.8) is 0 Å². The van der Waals surface area contributed by atoms with Crippen molar-refractivity contribution in [1.29, 1.82) is 0 Å². The van der Waals surface area contributed by atoms with Crippen LogP contribution in [0.3, 0.4) is 0 Å². The minimum Gasteiger partial charge on any atom is -0.392 e. The van der Waals surface area contributed by atoms with Crippen LogP contribution in [0.5, 0.6) is 0 Å². The molecule has 0 aromatic heterocycles. The van der Waals surface area contributed by atoms with Gasteiger partial charge in [0.15, 0.2) is 0 Å². The van der Waals surface area contributed by atoms with Gasteiger partial charge in [-0.2, -0.15) is 0 Å². The lowest BCUT2D eigenvalue weighted by molar-refractivity contribution is -0.118. The fourth-order valence-electron chi connectivity index (χ4n) is 2.62. The van der Waals surface area contributed by atoms with Crippen molar-refractivity contribution in [1.82, 2.24) is 5.32 Å². The molecule has 0 radical (unpaired) electrons. The van der Waals surface area contributed by atoms with Gasteiger partial charge in [-0.3, -0.25) is 4.79 Å². The van der Waals surface area contributed by atoms with E-state index in [-0.39, 0.29) is 18.6 Å². The number of benzene rings is 2. The zero-order valence-electron chi connectivity index (χ0n) is 11.7. The SMILES string of the molecule is O=C(Nc1cccc(CO)c1)[C@H]1Cc2ccccc2CN1. The van der Waals surface area contributed by atoms with Crippen LogP contribution in [0, 0.1) is 0 Å². The Balaban J connectivity index is 1.69. The lowest BCUT2D eigenvalue weighted by Gasteiger charge is -2.25. The van der Waals surface area contributed by atoms with E-state index in [2.05, 4.69) is 22.8 Å². The van der Waals surface area contributed by atoms with Crippen molar-refractivity contribution >= 4 is 11.6 Å². The van der Waals surface area contributed by atoms with Gasteiger partial charge in [0.1, 0.15) is 0 Å². The number of aliphatic hydroxyl groups excluding tert-OH is 1. The highest BCUT2D eigenvalue weighted by atomic mass is 16.3. The summed E-state index contributed by atoms with van der Waals surface area (Å²) in [5.41, 5.74) is 3.98. The molecule has 0 saturated carbocycles. The van der Waals surface area contributed by atoms with E-state index in [4.69, 9.17) is 5.11 Å². The Labute approximate surface area is 123 Å². The zero-order chi connectivity index (χ0) is 14.7. The lowest BCUT2D eigenvalue weighted by atomic mass is 9.95. The van der Waals surface area contributed by atoms with Crippen molar-refractivity contribution in [3.05, 3.63) is 65.2 Å². The molecule has 1 amide bonds. The summed E-state index contributed by atoms with van der Waals surface area (Å²) < 4.78 is 0. The van der Waals surface area contributed by atoms with Crippen LogP contribution in [0.25, 0.3) is 0 Å². The molecule has 3 N–H and O–H groups in total. The summed E-state index contributed by atoms with van der Waals surface area (Å²) in [6.45, 7) is 0.684. The molecule has 0 bridgehead atoms. The molecular weight excluding hydrogens is 264 g/mol. The maximum absolute atomic E-state index is 12.3. The quantitative estimate of drug-likeness (QED) is 0.805. The second-order valence-corrected chi connectivity index (χ2v) is 5.25. The Morgan fingerprint density at radius 3 is 2.81 bits per heavy atom. The highest BCUT2D eigenvalue weighted by Crippen LogP contribution is 2.18. The van der Waals surface area contributed by atoms with Gasteiger partial charge in [0.2, 0.25) is 5.91 Å². The molecule has 2 aromatic carbocycles. The zero-order valence-corrected chi connectivity index (χ0v) is 11.7. The minimum atomic E-state index is -0.224. The van der Waals surface area contributed by atoms with E-state index in [0.29, 0.717) is 18.7 Å².